The van der Waals surface area contributed by atoms with Crippen molar-refractivity contribution in [2.75, 3.05) is 4.90 Å². The summed E-state index contributed by atoms with van der Waals surface area (Å²) in [4.78, 5) is 11.3. The molecule has 51 heavy (non-hydrogen) atoms. The monoisotopic (exact) mass is 651 g/mol. The summed E-state index contributed by atoms with van der Waals surface area (Å²) in [6.07, 6.45) is 7.52. The molecule has 0 radical (unpaired) electrons. The maximum atomic E-state index is 4.46. The first kappa shape index (κ1) is 27.9. The van der Waals surface area contributed by atoms with Crippen LogP contribution < -0.4 is 4.90 Å². The molecule has 10 aromatic rings. The van der Waals surface area contributed by atoms with E-state index in [4.69, 9.17) is 0 Å². The molecule has 0 atom stereocenters. The van der Waals surface area contributed by atoms with Crippen molar-refractivity contribution in [2.24, 2.45) is 0 Å². The van der Waals surface area contributed by atoms with Crippen LogP contribution in [0.15, 0.2) is 176 Å². The van der Waals surface area contributed by atoms with E-state index in [1.165, 1.54) is 60.7 Å². The lowest BCUT2D eigenvalue weighted by Crippen LogP contribution is -2.17. The first-order valence-corrected chi connectivity index (χ1v) is 17.2. The Bertz CT molecular complexity index is 2900. The Hall–Kier alpha value is -6.98. The molecule has 0 fully saturated rings. The van der Waals surface area contributed by atoms with Crippen molar-refractivity contribution in [3.05, 3.63) is 176 Å². The minimum absolute atomic E-state index is 1.07. The smallest absolute Gasteiger partial charge is 0.0783 e. The average molecular weight is 652 g/mol. The molecule has 0 unspecified atom stereocenters. The second-order valence-corrected chi connectivity index (χ2v) is 13.1. The molecule has 1 aliphatic rings. The van der Waals surface area contributed by atoms with Crippen LogP contribution in [-0.2, 0) is 0 Å². The average Bonchev–Trinajstić information content (AvgIpc) is 3.73. The number of benzene rings is 6. The van der Waals surface area contributed by atoms with Crippen molar-refractivity contribution in [3.63, 3.8) is 0 Å². The van der Waals surface area contributed by atoms with E-state index in [2.05, 4.69) is 164 Å². The maximum Gasteiger partial charge on any atom is 0.0783 e. The fraction of sp³-hybridized carbons (Fsp3) is 0. The van der Waals surface area contributed by atoms with Gasteiger partial charge < -0.3 is 14.0 Å². The lowest BCUT2D eigenvalue weighted by atomic mass is 9.99. The van der Waals surface area contributed by atoms with Gasteiger partial charge in [0, 0.05) is 68.8 Å². The highest BCUT2D eigenvalue weighted by molar-refractivity contribution is 6.30. The van der Waals surface area contributed by atoms with Crippen molar-refractivity contribution in [3.8, 4) is 33.6 Å². The molecule has 6 aromatic carbocycles. The molecular weight excluding hydrogens is 623 g/mol. The van der Waals surface area contributed by atoms with Gasteiger partial charge >= 0.3 is 0 Å². The molecule has 0 bridgehead atoms. The molecule has 5 nitrogen and oxygen atoms in total. The minimum atomic E-state index is 1.07. The first-order valence-electron chi connectivity index (χ1n) is 17.2. The van der Waals surface area contributed by atoms with E-state index in [1.54, 1.807) is 0 Å². The molecule has 0 amide bonds. The van der Waals surface area contributed by atoms with Gasteiger partial charge in [0.15, 0.2) is 0 Å². The molecule has 0 saturated heterocycles. The summed E-state index contributed by atoms with van der Waals surface area (Å²) in [5.41, 5.74) is 14.9. The largest absolute Gasteiger partial charge is 0.309 e. The molecule has 5 heterocycles. The maximum absolute atomic E-state index is 4.46. The zero-order chi connectivity index (χ0) is 33.5. The fourth-order valence-corrected chi connectivity index (χ4v) is 8.27. The van der Waals surface area contributed by atoms with Crippen LogP contribution in [0.2, 0.25) is 0 Å². The topological polar surface area (TPSA) is 38.9 Å². The van der Waals surface area contributed by atoms with Crippen LogP contribution in [0.1, 0.15) is 0 Å². The Labute approximate surface area is 293 Å². The van der Waals surface area contributed by atoms with Gasteiger partial charge in [0.2, 0.25) is 0 Å². The number of nitrogens with zero attached hydrogens (tertiary/aromatic N) is 5. The van der Waals surface area contributed by atoms with Crippen LogP contribution >= 0.6 is 0 Å². The van der Waals surface area contributed by atoms with E-state index in [-0.39, 0.29) is 0 Å². The van der Waals surface area contributed by atoms with Gasteiger partial charge in [0.05, 0.1) is 39.1 Å². The lowest BCUT2D eigenvalue weighted by Gasteiger charge is -2.33. The zero-order valence-corrected chi connectivity index (χ0v) is 27.5. The van der Waals surface area contributed by atoms with Crippen molar-refractivity contribution in [1.29, 1.82) is 0 Å². The van der Waals surface area contributed by atoms with Crippen molar-refractivity contribution in [2.45, 2.75) is 0 Å². The van der Waals surface area contributed by atoms with Gasteiger partial charge in [0.1, 0.15) is 0 Å². The zero-order valence-electron chi connectivity index (χ0n) is 27.5. The fourth-order valence-electron chi connectivity index (χ4n) is 8.27. The van der Waals surface area contributed by atoms with Gasteiger partial charge in [-0.2, -0.15) is 0 Å². The van der Waals surface area contributed by atoms with Crippen molar-refractivity contribution in [1.82, 2.24) is 19.1 Å². The highest BCUT2D eigenvalue weighted by Crippen LogP contribution is 2.51. The number of hydrogen-bond acceptors (Lipinski definition) is 3. The Balaban J connectivity index is 1.26. The predicted octanol–water partition coefficient (Wildman–Crippen LogP) is 11.8. The molecule has 1 aliphatic heterocycles. The number of anilines is 3. The second-order valence-electron chi connectivity index (χ2n) is 13.1. The van der Waals surface area contributed by atoms with Gasteiger partial charge in [0.25, 0.3) is 0 Å². The molecule has 11 rings (SSSR count). The number of pyridine rings is 2. The van der Waals surface area contributed by atoms with E-state index in [9.17, 15) is 0 Å². The number of aromatic nitrogens is 4. The van der Waals surface area contributed by atoms with Crippen LogP contribution in [0.3, 0.4) is 0 Å². The standard InChI is InChI=1S/C46H29N5/c1-2-13-34(14-3-1)49-39-18-6-7-19-40(39)51-42-22-21-41-44(45(42)37-16-8-20-43(49)46(37)51)36-15-4-5-17-38(36)50(41)35-26-32(30-11-9-23-47-28-30)25-33(27-35)31-12-10-24-48-29-31/h1-29H. The summed E-state index contributed by atoms with van der Waals surface area (Å²) < 4.78 is 4.91. The molecule has 238 valence electrons. The lowest BCUT2D eigenvalue weighted by molar-refractivity contribution is 1.11. The number of rotatable bonds is 4. The Morgan fingerprint density at radius 3 is 1.71 bits per heavy atom. The first-order chi connectivity index (χ1) is 25.3. The number of fused-ring (bicyclic) bond motifs is 9. The van der Waals surface area contributed by atoms with Crippen LogP contribution in [0, 0.1) is 0 Å². The summed E-state index contributed by atoms with van der Waals surface area (Å²) in [6, 6.07) is 54.7. The highest BCUT2D eigenvalue weighted by Gasteiger charge is 2.29. The molecule has 0 spiro atoms. The number of hydrogen-bond donors (Lipinski definition) is 0. The third kappa shape index (κ3) is 4.03. The molecule has 0 aliphatic carbocycles. The number of para-hydroxylation sites is 5. The van der Waals surface area contributed by atoms with Crippen molar-refractivity contribution >= 4 is 60.7 Å². The molecular formula is C46H29N5. The van der Waals surface area contributed by atoms with Crippen molar-refractivity contribution < 1.29 is 0 Å². The summed E-state index contributed by atoms with van der Waals surface area (Å²) in [7, 11) is 0. The molecule has 5 heteroatoms. The van der Waals surface area contributed by atoms with Crippen LogP contribution in [-0.4, -0.2) is 19.1 Å². The summed E-state index contributed by atoms with van der Waals surface area (Å²) in [5.74, 6) is 0. The Kier molecular flexibility index (Phi) is 5.89. The second kappa shape index (κ2) is 10.8. The molecule has 0 saturated carbocycles. The van der Waals surface area contributed by atoms with Gasteiger partial charge in [-0.15, -0.1) is 0 Å². The molecule has 4 aromatic heterocycles. The summed E-state index contributed by atoms with van der Waals surface area (Å²) in [5, 5.41) is 4.99. The Morgan fingerprint density at radius 1 is 0.373 bits per heavy atom. The minimum Gasteiger partial charge on any atom is -0.309 e. The quantitative estimate of drug-likeness (QED) is 0.190. The van der Waals surface area contributed by atoms with Crippen LogP contribution in [0.4, 0.5) is 17.1 Å². The normalized spacial score (nSPS) is 12.3. The van der Waals surface area contributed by atoms with Gasteiger partial charge in [-0.1, -0.05) is 72.8 Å². The Morgan fingerprint density at radius 2 is 0.980 bits per heavy atom. The third-order valence-electron chi connectivity index (χ3n) is 10.3. The third-order valence-corrected chi connectivity index (χ3v) is 10.3. The van der Waals surface area contributed by atoms with E-state index < -0.39 is 0 Å². The van der Waals surface area contributed by atoms with Crippen LogP contribution in [0.5, 0.6) is 0 Å². The summed E-state index contributed by atoms with van der Waals surface area (Å²) >= 11 is 0. The van der Waals surface area contributed by atoms with Gasteiger partial charge in [-0.3, -0.25) is 9.97 Å². The van der Waals surface area contributed by atoms with E-state index >= 15 is 0 Å². The summed E-state index contributed by atoms with van der Waals surface area (Å²) in [6.45, 7) is 0. The van der Waals surface area contributed by atoms with Crippen LogP contribution in [0.25, 0.3) is 77.2 Å². The van der Waals surface area contributed by atoms with Gasteiger partial charge in [-0.25, -0.2) is 0 Å². The molecule has 0 N–H and O–H groups in total. The van der Waals surface area contributed by atoms with E-state index in [0.717, 1.165) is 33.6 Å². The van der Waals surface area contributed by atoms with Gasteiger partial charge in [-0.05, 0) is 90.0 Å². The van der Waals surface area contributed by atoms with E-state index in [0.29, 0.717) is 0 Å². The predicted molar refractivity (Wildman–Crippen MR) is 210 cm³/mol. The highest BCUT2D eigenvalue weighted by atomic mass is 15.2. The SMILES string of the molecule is c1ccc(N2c3ccccc3-n3c4ccc5c(c6ccccc6n5-c5cc(-c6cccnc6)cc(-c6cccnc6)c5)c4c4cccc2c43)cc1. The van der Waals surface area contributed by atoms with E-state index in [1.807, 2.05) is 36.9 Å².